The molecule has 0 heterocycles. The molecule has 1 unspecified atom stereocenters. The second kappa shape index (κ2) is 10.3. The molecule has 1 atom stereocenters. The maximum Gasteiger partial charge on any atom is 0.194 e. The summed E-state index contributed by atoms with van der Waals surface area (Å²) in [6.07, 6.45) is 2.18. The van der Waals surface area contributed by atoms with Crippen LogP contribution in [0.2, 0.25) is 5.02 Å². The van der Waals surface area contributed by atoms with Crippen molar-refractivity contribution >= 4 is 17.6 Å². The average molecular weight is 432 g/mol. The Morgan fingerprint density at radius 3 is 2.50 bits per heavy atom. The summed E-state index contributed by atoms with van der Waals surface area (Å²) in [5.74, 6) is 0.685. The Morgan fingerprint density at radius 1 is 1.17 bits per heavy atom. The highest BCUT2D eigenvalue weighted by Crippen LogP contribution is 2.48. The van der Waals surface area contributed by atoms with E-state index in [0.717, 1.165) is 29.5 Å². The largest absolute Gasteiger partial charge is 0.394 e. The minimum atomic E-state index is -0.488. The number of rotatable bonds is 10. The molecular weight excluding hydrogens is 402 g/mol. The van der Waals surface area contributed by atoms with Crippen LogP contribution >= 0.6 is 11.6 Å². The smallest absolute Gasteiger partial charge is 0.194 e. The van der Waals surface area contributed by atoms with Crippen LogP contribution in [-0.2, 0) is 10.3 Å². The number of benzene rings is 2. The highest BCUT2D eigenvalue weighted by atomic mass is 35.5. The quantitative estimate of drug-likeness (QED) is 0.232. The number of halogens is 1. The van der Waals surface area contributed by atoms with Crippen molar-refractivity contribution in [1.29, 1.82) is 0 Å². The molecule has 1 saturated carbocycles. The summed E-state index contributed by atoms with van der Waals surface area (Å²) in [6, 6.07) is 16.1. The predicted octanol–water partition coefficient (Wildman–Crippen LogP) is 3.21. The van der Waals surface area contributed by atoms with Crippen LogP contribution in [0.3, 0.4) is 0 Å². The number of nitrogens with zero attached hydrogens (tertiary/aromatic N) is 2. The van der Waals surface area contributed by atoms with Crippen LogP contribution < -0.4 is 5.73 Å². The maximum absolute atomic E-state index is 9.74. The van der Waals surface area contributed by atoms with Gasteiger partial charge in [-0.15, -0.1) is 0 Å². The molecule has 0 saturated heterocycles. The third-order valence-electron chi connectivity index (χ3n) is 5.56. The van der Waals surface area contributed by atoms with E-state index in [1.165, 1.54) is 0 Å². The van der Waals surface area contributed by atoms with Gasteiger partial charge in [0, 0.05) is 11.6 Å². The molecule has 1 aliphatic carbocycles. The SMILES string of the molecule is CC(N=C(N)N(CO)CCOCCO)(c1cccc(-c2cccc(Cl)c2)c1)C1CC1. The Bertz CT molecular complexity index is 872. The summed E-state index contributed by atoms with van der Waals surface area (Å²) in [4.78, 5) is 6.47. The first kappa shape index (κ1) is 22.6. The molecule has 0 bridgehead atoms. The van der Waals surface area contributed by atoms with E-state index in [1.807, 2.05) is 30.3 Å². The van der Waals surface area contributed by atoms with Gasteiger partial charge >= 0.3 is 0 Å². The molecule has 1 aliphatic rings. The highest BCUT2D eigenvalue weighted by Gasteiger charge is 2.43. The lowest BCUT2D eigenvalue weighted by Gasteiger charge is -2.30. The van der Waals surface area contributed by atoms with Gasteiger partial charge in [0.1, 0.15) is 6.73 Å². The molecule has 4 N–H and O–H groups in total. The van der Waals surface area contributed by atoms with Crippen molar-refractivity contribution in [3.63, 3.8) is 0 Å². The number of aliphatic hydroxyl groups excluding tert-OH is 2. The molecule has 0 aliphatic heterocycles. The van der Waals surface area contributed by atoms with Crippen LogP contribution in [0.5, 0.6) is 0 Å². The fourth-order valence-corrected chi connectivity index (χ4v) is 3.82. The van der Waals surface area contributed by atoms with E-state index in [1.54, 1.807) is 4.90 Å². The number of hydrogen-bond acceptors (Lipinski definition) is 4. The van der Waals surface area contributed by atoms with Crippen LogP contribution in [0.15, 0.2) is 53.5 Å². The molecule has 2 aromatic rings. The fraction of sp³-hybridized carbons (Fsp3) is 0.435. The molecule has 6 nitrogen and oxygen atoms in total. The standard InChI is InChI=1S/C23H30ClN3O3/c1-23(19-8-9-19,26-22(25)27(16-29)10-12-30-13-11-28)20-6-2-4-17(14-20)18-5-3-7-21(24)15-18/h2-7,14-15,19,28-29H,8-13,16H2,1H3,(H2,25,26). The molecule has 3 rings (SSSR count). The molecule has 162 valence electrons. The average Bonchev–Trinajstić information content (AvgIpc) is 3.60. The molecule has 7 heteroatoms. The van der Waals surface area contributed by atoms with E-state index in [9.17, 15) is 5.11 Å². The first-order valence-corrected chi connectivity index (χ1v) is 10.6. The van der Waals surface area contributed by atoms with Crippen molar-refractivity contribution in [3.8, 4) is 11.1 Å². The zero-order valence-corrected chi connectivity index (χ0v) is 18.1. The minimum Gasteiger partial charge on any atom is -0.394 e. The summed E-state index contributed by atoms with van der Waals surface area (Å²) >= 11 is 6.17. The van der Waals surface area contributed by atoms with E-state index in [0.29, 0.717) is 24.1 Å². The number of aliphatic imine (C=N–C) groups is 1. The van der Waals surface area contributed by atoms with Crippen molar-refractivity contribution in [2.75, 3.05) is 33.1 Å². The van der Waals surface area contributed by atoms with Crippen molar-refractivity contribution in [1.82, 2.24) is 4.90 Å². The van der Waals surface area contributed by atoms with Gasteiger partial charge in [0.15, 0.2) is 5.96 Å². The van der Waals surface area contributed by atoms with Crippen LogP contribution in [0.1, 0.15) is 25.3 Å². The summed E-state index contributed by atoms with van der Waals surface area (Å²) < 4.78 is 5.29. The summed E-state index contributed by atoms with van der Waals surface area (Å²) in [7, 11) is 0. The molecule has 0 aromatic heterocycles. The highest BCUT2D eigenvalue weighted by molar-refractivity contribution is 6.30. The number of nitrogens with two attached hydrogens (primary N) is 1. The van der Waals surface area contributed by atoms with Gasteiger partial charge in [-0.3, -0.25) is 0 Å². The van der Waals surface area contributed by atoms with E-state index >= 15 is 0 Å². The molecule has 2 aromatic carbocycles. The molecule has 0 radical (unpaired) electrons. The summed E-state index contributed by atoms with van der Waals surface area (Å²) in [5, 5.41) is 19.3. The molecular formula is C23H30ClN3O3. The lowest BCUT2D eigenvalue weighted by Crippen LogP contribution is -2.42. The van der Waals surface area contributed by atoms with Gasteiger partial charge in [-0.05, 0) is 60.6 Å². The van der Waals surface area contributed by atoms with Crippen molar-refractivity contribution in [2.24, 2.45) is 16.6 Å². The Kier molecular flexibility index (Phi) is 7.72. The third-order valence-corrected chi connectivity index (χ3v) is 5.80. The lowest BCUT2D eigenvalue weighted by atomic mass is 9.86. The van der Waals surface area contributed by atoms with E-state index in [-0.39, 0.29) is 25.9 Å². The van der Waals surface area contributed by atoms with Gasteiger partial charge in [0.25, 0.3) is 0 Å². The van der Waals surface area contributed by atoms with Crippen LogP contribution in [-0.4, -0.2) is 54.2 Å². The molecule has 0 amide bonds. The first-order valence-electron chi connectivity index (χ1n) is 10.2. The van der Waals surface area contributed by atoms with Crippen LogP contribution in [0.25, 0.3) is 11.1 Å². The zero-order chi connectivity index (χ0) is 21.6. The number of ether oxygens (including phenoxy) is 1. The van der Waals surface area contributed by atoms with Gasteiger partial charge in [-0.1, -0.05) is 41.9 Å². The Morgan fingerprint density at radius 2 is 1.87 bits per heavy atom. The summed E-state index contributed by atoms with van der Waals surface area (Å²) in [5.41, 5.74) is 9.02. The molecule has 30 heavy (non-hydrogen) atoms. The van der Waals surface area contributed by atoms with Gasteiger partial charge in [-0.2, -0.15) is 0 Å². The normalized spacial score (nSPS) is 16.3. The Labute approximate surface area is 182 Å². The monoisotopic (exact) mass is 431 g/mol. The van der Waals surface area contributed by atoms with Gasteiger partial charge in [-0.25, -0.2) is 4.99 Å². The second-order valence-corrected chi connectivity index (χ2v) is 8.16. The van der Waals surface area contributed by atoms with Crippen LogP contribution in [0.4, 0.5) is 0 Å². The summed E-state index contributed by atoms with van der Waals surface area (Å²) in [6.45, 7) is 2.82. The van der Waals surface area contributed by atoms with Crippen LogP contribution in [0, 0.1) is 5.92 Å². The first-order chi connectivity index (χ1) is 14.5. The number of hydrogen-bond donors (Lipinski definition) is 3. The fourth-order valence-electron chi connectivity index (χ4n) is 3.63. The zero-order valence-electron chi connectivity index (χ0n) is 17.3. The van der Waals surface area contributed by atoms with Gasteiger partial charge < -0.3 is 25.6 Å². The van der Waals surface area contributed by atoms with Gasteiger partial charge in [0.05, 0.1) is 25.4 Å². The third kappa shape index (κ3) is 5.52. The van der Waals surface area contributed by atoms with E-state index < -0.39 is 5.54 Å². The lowest BCUT2D eigenvalue weighted by molar-refractivity contribution is 0.0689. The van der Waals surface area contributed by atoms with E-state index in [2.05, 4.69) is 25.1 Å². The Balaban J connectivity index is 1.87. The second-order valence-electron chi connectivity index (χ2n) is 7.72. The minimum absolute atomic E-state index is 0.0363. The van der Waals surface area contributed by atoms with Gasteiger partial charge in [0.2, 0.25) is 0 Å². The number of guanidine groups is 1. The Hall–Kier alpha value is -2.12. The topological polar surface area (TPSA) is 91.3 Å². The number of aliphatic hydroxyl groups is 2. The predicted molar refractivity (Wildman–Crippen MR) is 120 cm³/mol. The van der Waals surface area contributed by atoms with Crippen molar-refractivity contribution in [3.05, 3.63) is 59.1 Å². The van der Waals surface area contributed by atoms with E-state index in [4.69, 9.17) is 32.2 Å². The molecule has 1 fully saturated rings. The molecule has 0 spiro atoms. The van der Waals surface area contributed by atoms with Crippen molar-refractivity contribution in [2.45, 2.75) is 25.3 Å². The van der Waals surface area contributed by atoms with Crippen molar-refractivity contribution < 1.29 is 14.9 Å². The maximum atomic E-state index is 9.74.